The van der Waals surface area contributed by atoms with Gasteiger partial charge >= 0.3 is 18.0 Å². The summed E-state index contributed by atoms with van der Waals surface area (Å²) in [6.07, 6.45) is 0. The fourth-order valence-corrected chi connectivity index (χ4v) is 4.70. The molecular formula is C19H13F3N4O6S3. The van der Waals surface area contributed by atoms with E-state index in [-0.39, 0.29) is 32.2 Å². The van der Waals surface area contributed by atoms with Gasteiger partial charge in [0.1, 0.15) is 27.9 Å². The van der Waals surface area contributed by atoms with Gasteiger partial charge in [-0.2, -0.15) is 0 Å². The molecule has 0 unspecified atom stereocenters. The molecule has 0 radical (unpaired) electrons. The summed E-state index contributed by atoms with van der Waals surface area (Å²) in [5, 5.41) is 14.2. The minimum Gasteiger partial charge on any atom is -0.480 e. The molecule has 35 heavy (non-hydrogen) atoms. The molecule has 1 saturated heterocycles. The summed E-state index contributed by atoms with van der Waals surface area (Å²) in [6, 6.07) is -0.362. The zero-order valence-electron chi connectivity index (χ0n) is 17.4. The standard InChI is InChI=1S/C19H13F3N4O6S3/c1-2-32-16(30)12(14-15(29)26(5-11(27)28)19(33)35-14)10-6-34-18(23-10)25-17(31)24-13-8(21)3-7(20)4-9(13)22/h3-4,6H,2,5H2,1H3,(H,27,28)(H2,23,24,25,31). The third-order valence-electron chi connectivity index (χ3n) is 4.08. The highest BCUT2D eigenvalue weighted by Crippen LogP contribution is 2.38. The molecule has 1 aromatic heterocycles. The van der Waals surface area contributed by atoms with Crippen LogP contribution in [0, 0.1) is 17.5 Å². The van der Waals surface area contributed by atoms with E-state index in [9.17, 15) is 32.3 Å². The smallest absolute Gasteiger partial charge is 0.341 e. The number of hydrogen-bond donors (Lipinski definition) is 3. The number of rotatable bonds is 7. The second kappa shape index (κ2) is 10.8. The van der Waals surface area contributed by atoms with Crippen molar-refractivity contribution in [3.05, 3.63) is 45.6 Å². The minimum atomic E-state index is -1.34. The Morgan fingerprint density at radius 3 is 2.46 bits per heavy atom. The summed E-state index contributed by atoms with van der Waals surface area (Å²) in [4.78, 5) is 53.2. The monoisotopic (exact) mass is 546 g/mol. The molecule has 1 aliphatic heterocycles. The number of thiazole rings is 1. The topological polar surface area (TPSA) is 138 Å². The second-order valence-corrected chi connectivity index (χ2v) is 8.94. The number of thioether (sulfide) groups is 1. The van der Waals surface area contributed by atoms with E-state index in [2.05, 4.69) is 10.3 Å². The minimum absolute atomic E-state index is 0.0514. The number of carbonyl (C=O) groups is 4. The number of carboxylic acids is 1. The van der Waals surface area contributed by atoms with Crippen molar-refractivity contribution in [2.45, 2.75) is 6.92 Å². The van der Waals surface area contributed by atoms with E-state index in [1.807, 2.05) is 5.32 Å². The van der Waals surface area contributed by atoms with Gasteiger partial charge in [0, 0.05) is 17.5 Å². The summed E-state index contributed by atoms with van der Waals surface area (Å²) >= 11 is 6.52. The van der Waals surface area contributed by atoms with Crippen molar-refractivity contribution in [2.75, 3.05) is 23.8 Å². The van der Waals surface area contributed by atoms with Crippen molar-refractivity contribution in [3.63, 3.8) is 0 Å². The van der Waals surface area contributed by atoms with Crippen LogP contribution in [0.1, 0.15) is 12.6 Å². The average molecular weight is 547 g/mol. The predicted molar refractivity (Wildman–Crippen MR) is 124 cm³/mol. The molecule has 0 spiro atoms. The highest BCUT2D eigenvalue weighted by Gasteiger charge is 2.38. The van der Waals surface area contributed by atoms with Crippen molar-refractivity contribution >= 4 is 79.9 Å². The van der Waals surface area contributed by atoms with Crippen LogP contribution in [0.5, 0.6) is 0 Å². The zero-order chi connectivity index (χ0) is 25.9. The highest BCUT2D eigenvalue weighted by molar-refractivity contribution is 8.26. The summed E-state index contributed by atoms with van der Waals surface area (Å²) < 4.78 is 45.4. The molecule has 2 heterocycles. The number of carboxylic acid groups (broad SMARTS) is 1. The number of benzene rings is 1. The van der Waals surface area contributed by atoms with E-state index >= 15 is 0 Å². The van der Waals surface area contributed by atoms with Crippen LogP contribution in [0.25, 0.3) is 5.57 Å². The number of amides is 3. The molecule has 3 rings (SSSR count). The molecule has 3 amide bonds. The molecule has 0 saturated carbocycles. The predicted octanol–water partition coefficient (Wildman–Crippen LogP) is 3.42. The van der Waals surface area contributed by atoms with Crippen molar-refractivity contribution in [1.29, 1.82) is 0 Å². The van der Waals surface area contributed by atoms with Crippen LogP contribution >= 0.6 is 35.3 Å². The molecule has 2 aromatic rings. The fraction of sp³-hybridized carbons (Fsp3) is 0.158. The van der Waals surface area contributed by atoms with E-state index in [0.717, 1.165) is 16.2 Å². The Bertz CT molecular complexity index is 1260. The van der Waals surface area contributed by atoms with Crippen molar-refractivity contribution in [2.24, 2.45) is 0 Å². The number of nitrogens with one attached hydrogen (secondary N) is 2. The third-order valence-corrected chi connectivity index (χ3v) is 6.28. The van der Waals surface area contributed by atoms with Gasteiger partial charge in [-0.1, -0.05) is 24.0 Å². The number of nitrogens with zero attached hydrogens (tertiary/aromatic N) is 2. The van der Waals surface area contributed by atoms with Gasteiger partial charge in [0.2, 0.25) is 0 Å². The lowest BCUT2D eigenvalue weighted by Crippen LogP contribution is -2.33. The van der Waals surface area contributed by atoms with Gasteiger partial charge in [-0.25, -0.2) is 27.7 Å². The second-order valence-electron chi connectivity index (χ2n) is 6.44. The van der Waals surface area contributed by atoms with Crippen molar-refractivity contribution in [1.82, 2.24) is 9.88 Å². The van der Waals surface area contributed by atoms with Crippen LogP contribution in [-0.2, 0) is 19.1 Å². The first-order chi connectivity index (χ1) is 16.5. The quantitative estimate of drug-likeness (QED) is 0.271. The normalized spacial score (nSPS) is 14.7. The number of aromatic nitrogens is 1. The number of carbonyl (C=O) groups excluding carboxylic acids is 3. The Morgan fingerprint density at radius 2 is 1.86 bits per heavy atom. The molecule has 0 atom stereocenters. The molecular weight excluding hydrogens is 533 g/mol. The van der Waals surface area contributed by atoms with E-state index in [1.165, 1.54) is 12.3 Å². The van der Waals surface area contributed by atoms with Crippen LogP contribution in [-0.4, -0.2) is 56.3 Å². The number of hydrogen-bond acceptors (Lipinski definition) is 9. The SMILES string of the molecule is CCOC(=O)C(=C1SC(=S)N(CC(=O)O)C1=O)c1csc(NC(=O)Nc2c(F)cc(F)cc2F)n1. The average Bonchev–Trinajstić information content (AvgIpc) is 3.31. The molecule has 0 aliphatic carbocycles. The third kappa shape index (κ3) is 5.95. The molecule has 0 bridgehead atoms. The number of thiocarbonyl (C=S) groups is 1. The molecule has 1 aromatic carbocycles. The first-order valence-corrected chi connectivity index (χ1v) is 11.5. The van der Waals surface area contributed by atoms with Crippen LogP contribution < -0.4 is 10.6 Å². The van der Waals surface area contributed by atoms with Gasteiger partial charge in [-0.3, -0.25) is 19.8 Å². The largest absolute Gasteiger partial charge is 0.480 e. The van der Waals surface area contributed by atoms with Gasteiger partial charge < -0.3 is 15.2 Å². The van der Waals surface area contributed by atoms with Gasteiger partial charge in [0.05, 0.1) is 17.2 Å². The molecule has 1 aliphatic rings. The summed E-state index contributed by atoms with van der Waals surface area (Å²) in [6.45, 7) is 0.756. The zero-order valence-corrected chi connectivity index (χ0v) is 19.8. The maximum atomic E-state index is 13.8. The number of aliphatic carboxylic acids is 1. The van der Waals surface area contributed by atoms with Crippen LogP contribution in [0.3, 0.4) is 0 Å². The van der Waals surface area contributed by atoms with Crippen molar-refractivity contribution in [3.8, 4) is 0 Å². The Hall–Kier alpha value is -3.50. The van der Waals surface area contributed by atoms with Gasteiger partial charge in [0.15, 0.2) is 16.8 Å². The summed E-state index contributed by atoms with van der Waals surface area (Å²) in [7, 11) is 0. The van der Waals surface area contributed by atoms with Gasteiger partial charge in [-0.15, -0.1) is 11.3 Å². The Labute approximate surface area is 208 Å². The molecule has 184 valence electrons. The van der Waals surface area contributed by atoms with E-state index in [1.54, 1.807) is 0 Å². The molecule has 10 nitrogen and oxygen atoms in total. The van der Waals surface area contributed by atoms with Gasteiger partial charge in [0.25, 0.3) is 5.91 Å². The molecule has 1 fully saturated rings. The number of esters is 1. The Kier molecular flexibility index (Phi) is 8.08. The summed E-state index contributed by atoms with van der Waals surface area (Å²) in [5.74, 6) is -6.96. The Morgan fingerprint density at radius 1 is 1.20 bits per heavy atom. The molecule has 16 heteroatoms. The maximum absolute atomic E-state index is 13.8. The first kappa shape index (κ1) is 26.1. The number of anilines is 2. The highest BCUT2D eigenvalue weighted by atomic mass is 32.2. The maximum Gasteiger partial charge on any atom is 0.341 e. The number of ether oxygens (including phenoxy) is 1. The first-order valence-electron chi connectivity index (χ1n) is 9.37. The van der Waals surface area contributed by atoms with E-state index in [0.29, 0.717) is 23.9 Å². The van der Waals surface area contributed by atoms with Gasteiger partial charge in [-0.05, 0) is 6.92 Å². The molecule has 3 N–H and O–H groups in total. The van der Waals surface area contributed by atoms with Crippen LogP contribution in [0.15, 0.2) is 22.4 Å². The lowest BCUT2D eigenvalue weighted by Gasteiger charge is -2.11. The lowest BCUT2D eigenvalue weighted by molar-refractivity contribution is -0.140. The number of halogens is 3. The fourth-order valence-electron chi connectivity index (χ4n) is 2.69. The number of urea groups is 1. The summed E-state index contributed by atoms with van der Waals surface area (Å²) in [5.41, 5.74) is -1.30. The van der Waals surface area contributed by atoms with Crippen LogP contribution in [0.2, 0.25) is 0 Å². The van der Waals surface area contributed by atoms with Crippen LogP contribution in [0.4, 0.5) is 28.8 Å². The van der Waals surface area contributed by atoms with E-state index in [4.69, 9.17) is 22.1 Å². The van der Waals surface area contributed by atoms with E-state index < -0.39 is 53.6 Å². The Balaban J connectivity index is 1.88. The lowest BCUT2D eigenvalue weighted by atomic mass is 10.2. The van der Waals surface area contributed by atoms with Crippen molar-refractivity contribution < 1.29 is 42.2 Å².